The molecule has 0 saturated heterocycles. The predicted octanol–water partition coefficient (Wildman–Crippen LogP) is 3.31. The van der Waals surface area contributed by atoms with Crippen molar-refractivity contribution in [1.29, 1.82) is 0 Å². The zero-order chi connectivity index (χ0) is 15.8. The molecule has 1 atom stereocenters. The van der Waals surface area contributed by atoms with Crippen LogP contribution >= 0.6 is 11.3 Å². The normalized spacial score (nSPS) is 16.2. The summed E-state index contributed by atoms with van der Waals surface area (Å²) >= 11 is 1.93. The zero-order valence-corrected chi connectivity index (χ0v) is 15.1. The monoisotopic (exact) mass is 322 g/mol. The Balaban J connectivity index is 1.78. The lowest BCUT2D eigenvalue weighted by molar-refractivity contribution is 0.623. The molecule has 2 rings (SSSR count). The summed E-state index contributed by atoms with van der Waals surface area (Å²) in [6.07, 6.45) is 8.32. The van der Waals surface area contributed by atoms with Crippen molar-refractivity contribution >= 4 is 17.3 Å². The minimum Gasteiger partial charge on any atom is -0.357 e. The van der Waals surface area contributed by atoms with Crippen LogP contribution in [0, 0.1) is 0 Å². The van der Waals surface area contributed by atoms with Gasteiger partial charge in [-0.15, -0.1) is 11.3 Å². The van der Waals surface area contributed by atoms with Crippen LogP contribution in [0.3, 0.4) is 0 Å². The fraction of sp³-hybridized carbons (Fsp3) is 0.765. The Morgan fingerprint density at radius 3 is 2.86 bits per heavy atom. The molecule has 5 heteroatoms. The van der Waals surface area contributed by atoms with E-state index in [-0.39, 0.29) is 0 Å². The molecule has 1 aromatic heterocycles. The minimum atomic E-state index is 0.462. The summed E-state index contributed by atoms with van der Waals surface area (Å²) in [5, 5.41) is 8.05. The number of aryl methyl sites for hydroxylation is 3. The third-order valence-electron chi connectivity index (χ3n) is 4.05. The highest BCUT2D eigenvalue weighted by atomic mass is 32.1. The molecule has 1 aliphatic carbocycles. The maximum Gasteiger partial charge on any atom is 0.191 e. The molecule has 124 valence electrons. The Bertz CT molecular complexity index is 458. The molecule has 1 aliphatic rings. The van der Waals surface area contributed by atoms with Crippen molar-refractivity contribution in [1.82, 2.24) is 15.6 Å². The van der Waals surface area contributed by atoms with Crippen LogP contribution in [0.4, 0.5) is 0 Å². The van der Waals surface area contributed by atoms with E-state index in [9.17, 15) is 0 Å². The van der Waals surface area contributed by atoms with Crippen LogP contribution in [-0.4, -0.2) is 30.1 Å². The smallest absolute Gasteiger partial charge is 0.191 e. The van der Waals surface area contributed by atoms with Gasteiger partial charge in [0.2, 0.25) is 0 Å². The lowest BCUT2D eigenvalue weighted by atomic mass is 10.0. The Morgan fingerprint density at radius 2 is 2.14 bits per heavy atom. The number of thiazole rings is 1. The number of rotatable bonds is 7. The van der Waals surface area contributed by atoms with Crippen molar-refractivity contribution in [2.45, 2.75) is 71.8 Å². The van der Waals surface area contributed by atoms with E-state index in [0.717, 1.165) is 38.3 Å². The van der Waals surface area contributed by atoms with Gasteiger partial charge in [-0.1, -0.05) is 6.92 Å². The standard InChI is InChI=1S/C17H30N4S/c1-4-13(3)20-17(18-5-2)19-12-8-11-16-21-14-9-6-7-10-15(14)22-16/h13H,4-12H2,1-3H3,(H2,18,19,20). The second-order valence-electron chi connectivity index (χ2n) is 6.00. The first-order chi connectivity index (χ1) is 10.7. The van der Waals surface area contributed by atoms with Gasteiger partial charge in [-0.05, 0) is 52.4 Å². The molecule has 0 radical (unpaired) electrons. The molecule has 22 heavy (non-hydrogen) atoms. The lowest BCUT2D eigenvalue weighted by Crippen LogP contribution is -2.42. The molecule has 1 heterocycles. The van der Waals surface area contributed by atoms with Crippen molar-refractivity contribution in [2.75, 3.05) is 13.1 Å². The van der Waals surface area contributed by atoms with E-state index >= 15 is 0 Å². The molecule has 4 nitrogen and oxygen atoms in total. The van der Waals surface area contributed by atoms with Crippen molar-refractivity contribution in [2.24, 2.45) is 4.99 Å². The molecular formula is C17H30N4S. The maximum atomic E-state index is 4.80. The number of nitrogens with zero attached hydrogens (tertiary/aromatic N) is 2. The Labute approximate surface area is 138 Å². The topological polar surface area (TPSA) is 49.3 Å². The van der Waals surface area contributed by atoms with Gasteiger partial charge in [-0.3, -0.25) is 4.99 Å². The molecule has 0 spiro atoms. The number of fused-ring (bicyclic) bond motifs is 1. The second-order valence-corrected chi connectivity index (χ2v) is 7.17. The van der Waals surface area contributed by atoms with Gasteiger partial charge in [-0.2, -0.15) is 0 Å². The van der Waals surface area contributed by atoms with E-state index in [2.05, 4.69) is 36.4 Å². The van der Waals surface area contributed by atoms with Gasteiger partial charge in [-0.25, -0.2) is 4.98 Å². The minimum absolute atomic E-state index is 0.462. The zero-order valence-electron chi connectivity index (χ0n) is 14.2. The Kier molecular flexibility index (Phi) is 7.16. The van der Waals surface area contributed by atoms with Gasteiger partial charge in [0.25, 0.3) is 0 Å². The fourth-order valence-corrected chi connectivity index (χ4v) is 3.79. The lowest BCUT2D eigenvalue weighted by Gasteiger charge is -2.16. The van der Waals surface area contributed by atoms with Crippen LogP contribution in [0.5, 0.6) is 0 Å². The highest BCUT2D eigenvalue weighted by Crippen LogP contribution is 2.27. The summed E-state index contributed by atoms with van der Waals surface area (Å²) in [6.45, 7) is 8.24. The van der Waals surface area contributed by atoms with Gasteiger partial charge in [0.15, 0.2) is 5.96 Å². The molecule has 0 fully saturated rings. The first-order valence-corrected chi connectivity index (χ1v) is 9.56. The summed E-state index contributed by atoms with van der Waals surface area (Å²) < 4.78 is 0. The average molecular weight is 323 g/mol. The quantitative estimate of drug-likeness (QED) is 0.460. The van der Waals surface area contributed by atoms with Crippen LogP contribution < -0.4 is 10.6 Å². The van der Waals surface area contributed by atoms with Gasteiger partial charge in [0.1, 0.15) is 0 Å². The number of hydrogen-bond donors (Lipinski definition) is 2. The third kappa shape index (κ3) is 5.27. The second kappa shape index (κ2) is 9.13. The van der Waals surface area contributed by atoms with Gasteiger partial charge >= 0.3 is 0 Å². The maximum absolute atomic E-state index is 4.80. The van der Waals surface area contributed by atoms with Crippen LogP contribution in [0.2, 0.25) is 0 Å². The van der Waals surface area contributed by atoms with Crippen LogP contribution in [0.1, 0.15) is 62.0 Å². The SMILES string of the molecule is CCNC(=NCCCc1nc2c(s1)CCCC2)NC(C)CC. The van der Waals surface area contributed by atoms with E-state index in [4.69, 9.17) is 4.98 Å². The van der Waals surface area contributed by atoms with Gasteiger partial charge < -0.3 is 10.6 Å². The fourth-order valence-electron chi connectivity index (χ4n) is 2.59. The van der Waals surface area contributed by atoms with Crippen molar-refractivity contribution in [3.63, 3.8) is 0 Å². The molecule has 2 N–H and O–H groups in total. The van der Waals surface area contributed by atoms with Crippen LogP contribution in [-0.2, 0) is 19.3 Å². The highest BCUT2D eigenvalue weighted by Gasteiger charge is 2.14. The molecular weight excluding hydrogens is 292 g/mol. The summed E-state index contributed by atoms with van der Waals surface area (Å²) in [4.78, 5) is 11.0. The Morgan fingerprint density at radius 1 is 1.32 bits per heavy atom. The van der Waals surface area contributed by atoms with E-state index in [1.165, 1.54) is 41.3 Å². The molecule has 0 saturated carbocycles. The summed E-state index contributed by atoms with van der Waals surface area (Å²) in [5.41, 5.74) is 1.38. The summed E-state index contributed by atoms with van der Waals surface area (Å²) in [6, 6.07) is 0.462. The molecule has 1 unspecified atom stereocenters. The molecule has 1 aromatic rings. The number of aliphatic imine (C=N–C) groups is 1. The van der Waals surface area contributed by atoms with E-state index in [1.807, 2.05) is 11.3 Å². The Hall–Kier alpha value is -1.10. The number of guanidine groups is 1. The highest BCUT2D eigenvalue weighted by molar-refractivity contribution is 7.11. The summed E-state index contributed by atoms with van der Waals surface area (Å²) in [5.74, 6) is 0.940. The molecule has 0 bridgehead atoms. The van der Waals surface area contributed by atoms with Crippen LogP contribution in [0.25, 0.3) is 0 Å². The molecule has 0 amide bonds. The first-order valence-electron chi connectivity index (χ1n) is 8.75. The molecule has 0 aromatic carbocycles. The van der Waals surface area contributed by atoms with Crippen molar-refractivity contribution in [3.05, 3.63) is 15.6 Å². The first kappa shape index (κ1) is 17.3. The van der Waals surface area contributed by atoms with Gasteiger partial charge in [0.05, 0.1) is 10.7 Å². The van der Waals surface area contributed by atoms with Crippen molar-refractivity contribution in [3.8, 4) is 0 Å². The van der Waals surface area contributed by atoms with E-state index < -0.39 is 0 Å². The average Bonchev–Trinajstić information content (AvgIpc) is 2.94. The van der Waals surface area contributed by atoms with Gasteiger partial charge in [0, 0.05) is 30.4 Å². The van der Waals surface area contributed by atoms with E-state index in [0.29, 0.717) is 6.04 Å². The van der Waals surface area contributed by atoms with Crippen LogP contribution in [0.15, 0.2) is 4.99 Å². The number of hydrogen-bond acceptors (Lipinski definition) is 3. The summed E-state index contributed by atoms with van der Waals surface area (Å²) in [7, 11) is 0. The van der Waals surface area contributed by atoms with Crippen molar-refractivity contribution < 1.29 is 0 Å². The number of aromatic nitrogens is 1. The molecule has 0 aliphatic heterocycles. The predicted molar refractivity (Wildman–Crippen MR) is 95.9 cm³/mol. The van der Waals surface area contributed by atoms with E-state index in [1.54, 1.807) is 0 Å². The number of nitrogens with one attached hydrogen (secondary N) is 2. The largest absolute Gasteiger partial charge is 0.357 e. The third-order valence-corrected chi connectivity index (χ3v) is 5.27.